The van der Waals surface area contributed by atoms with Crippen molar-refractivity contribution in [3.05, 3.63) is 64.7 Å². The maximum absolute atomic E-state index is 12.5. The average molecular weight is 371 g/mol. The first kappa shape index (κ1) is 18.5. The second kappa shape index (κ2) is 7.50. The van der Waals surface area contributed by atoms with E-state index in [-0.39, 0.29) is 11.8 Å². The van der Waals surface area contributed by atoms with Crippen LogP contribution in [0.2, 0.25) is 5.02 Å². The first-order valence-electron chi connectivity index (χ1n) is 8.86. The molecule has 0 spiro atoms. The third kappa shape index (κ3) is 4.07. The highest BCUT2D eigenvalue weighted by molar-refractivity contribution is 6.31. The number of amides is 2. The van der Waals surface area contributed by atoms with Gasteiger partial charge in [-0.05, 0) is 54.7 Å². The minimum Gasteiger partial charge on any atom is -0.355 e. The van der Waals surface area contributed by atoms with E-state index in [0.29, 0.717) is 28.7 Å². The van der Waals surface area contributed by atoms with Gasteiger partial charge in [-0.25, -0.2) is 0 Å². The van der Waals surface area contributed by atoms with Gasteiger partial charge in [0.25, 0.3) is 5.91 Å². The molecule has 26 heavy (non-hydrogen) atoms. The van der Waals surface area contributed by atoms with Crippen LogP contribution in [0.15, 0.2) is 48.5 Å². The van der Waals surface area contributed by atoms with Gasteiger partial charge in [0.15, 0.2) is 0 Å². The van der Waals surface area contributed by atoms with E-state index in [9.17, 15) is 9.59 Å². The molecule has 2 aromatic rings. The highest BCUT2D eigenvalue weighted by Gasteiger charge is 2.51. The van der Waals surface area contributed by atoms with E-state index in [0.717, 1.165) is 18.4 Å². The molecule has 1 fully saturated rings. The predicted octanol–water partition coefficient (Wildman–Crippen LogP) is 4.40. The van der Waals surface area contributed by atoms with Crippen molar-refractivity contribution < 1.29 is 9.59 Å². The Balaban J connectivity index is 1.67. The van der Waals surface area contributed by atoms with Crippen molar-refractivity contribution in [1.29, 1.82) is 0 Å². The van der Waals surface area contributed by atoms with Crippen LogP contribution in [0.25, 0.3) is 0 Å². The zero-order valence-corrected chi connectivity index (χ0v) is 15.8. The Hall–Kier alpha value is -2.33. The molecule has 2 aromatic carbocycles. The summed E-state index contributed by atoms with van der Waals surface area (Å²) in [6.45, 7) is 4.85. The molecule has 3 rings (SSSR count). The quantitative estimate of drug-likeness (QED) is 0.791. The Morgan fingerprint density at radius 2 is 1.81 bits per heavy atom. The molecule has 5 heteroatoms. The van der Waals surface area contributed by atoms with Crippen molar-refractivity contribution in [2.45, 2.75) is 32.1 Å². The molecule has 0 radical (unpaired) electrons. The molecule has 4 nitrogen and oxygen atoms in total. The van der Waals surface area contributed by atoms with Crippen molar-refractivity contribution >= 4 is 29.1 Å². The van der Waals surface area contributed by atoms with Crippen LogP contribution in [0.3, 0.4) is 0 Å². The fraction of sp³-hybridized carbons (Fsp3) is 0.333. The minimum atomic E-state index is -0.398. The van der Waals surface area contributed by atoms with Gasteiger partial charge in [-0.15, -0.1) is 0 Å². The second-order valence-corrected chi connectivity index (χ2v) is 7.66. The number of nitrogens with one attached hydrogen (secondary N) is 2. The molecule has 136 valence electrons. The van der Waals surface area contributed by atoms with Crippen molar-refractivity contribution in [2.75, 3.05) is 11.9 Å². The molecule has 1 saturated carbocycles. The summed E-state index contributed by atoms with van der Waals surface area (Å²) in [5, 5.41) is 6.42. The van der Waals surface area contributed by atoms with Crippen molar-refractivity contribution in [2.24, 2.45) is 5.92 Å². The Bertz CT molecular complexity index is 811. The van der Waals surface area contributed by atoms with Crippen LogP contribution in [0.5, 0.6) is 0 Å². The normalized spacial score (nSPS) is 14.8. The number of rotatable bonds is 6. The van der Waals surface area contributed by atoms with Gasteiger partial charge >= 0.3 is 0 Å². The summed E-state index contributed by atoms with van der Waals surface area (Å²) in [6, 6.07) is 14.4. The fourth-order valence-corrected chi connectivity index (χ4v) is 3.13. The Labute approximate surface area is 158 Å². The van der Waals surface area contributed by atoms with E-state index in [1.54, 1.807) is 24.3 Å². The van der Waals surface area contributed by atoms with Gasteiger partial charge in [-0.1, -0.05) is 43.6 Å². The van der Waals surface area contributed by atoms with Crippen LogP contribution >= 0.6 is 11.6 Å². The summed E-state index contributed by atoms with van der Waals surface area (Å²) >= 11 is 5.93. The topological polar surface area (TPSA) is 58.2 Å². The highest BCUT2D eigenvalue weighted by atomic mass is 35.5. The third-order valence-corrected chi connectivity index (χ3v) is 4.87. The van der Waals surface area contributed by atoms with Gasteiger partial charge in [0.2, 0.25) is 5.91 Å². The monoisotopic (exact) mass is 370 g/mol. The first-order valence-corrected chi connectivity index (χ1v) is 9.24. The van der Waals surface area contributed by atoms with Crippen LogP contribution in [0, 0.1) is 5.92 Å². The largest absolute Gasteiger partial charge is 0.355 e. The van der Waals surface area contributed by atoms with Crippen LogP contribution < -0.4 is 10.6 Å². The highest BCUT2D eigenvalue weighted by Crippen LogP contribution is 2.48. The number of hydrogen-bond donors (Lipinski definition) is 2. The van der Waals surface area contributed by atoms with Crippen LogP contribution in [-0.4, -0.2) is 18.4 Å². The van der Waals surface area contributed by atoms with Crippen molar-refractivity contribution in [3.8, 4) is 0 Å². The molecule has 1 aliphatic rings. The van der Waals surface area contributed by atoms with Gasteiger partial charge in [-0.3, -0.25) is 9.59 Å². The third-order valence-electron chi connectivity index (χ3n) is 4.64. The smallest absolute Gasteiger partial charge is 0.255 e. The predicted molar refractivity (Wildman–Crippen MR) is 105 cm³/mol. The van der Waals surface area contributed by atoms with Crippen molar-refractivity contribution in [1.82, 2.24) is 5.32 Å². The molecule has 0 atom stereocenters. The summed E-state index contributed by atoms with van der Waals surface area (Å²) in [7, 11) is 0. The van der Waals surface area contributed by atoms with E-state index in [2.05, 4.69) is 24.5 Å². The number of carbonyl (C=O) groups is 2. The van der Waals surface area contributed by atoms with Gasteiger partial charge in [0.1, 0.15) is 0 Å². The first-order chi connectivity index (χ1) is 12.4. The van der Waals surface area contributed by atoms with E-state index in [1.807, 2.05) is 24.3 Å². The molecule has 2 amide bonds. The average Bonchev–Trinajstić information content (AvgIpc) is 3.42. The summed E-state index contributed by atoms with van der Waals surface area (Å²) in [5.74, 6) is 0.316. The van der Waals surface area contributed by atoms with Crippen LogP contribution in [0.4, 0.5) is 5.69 Å². The second-order valence-electron chi connectivity index (χ2n) is 7.23. The zero-order valence-electron chi connectivity index (χ0n) is 15.0. The Morgan fingerprint density at radius 1 is 1.12 bits per heavy atom. The lowest BCUT2D eigenvalue weighted by Crippen LogP contribution is -2.36. The molecule has 0 heterocycles. The molecule has 0 bridgehead atoms. The van der Waals surface area contributed by atoms with Gasteiger partial charge in [-0.2, -0.15) is 0 Å². The Morgan fingerprint density at radius 3 is 2.38 bits per heavy atom. The Kier molecular flexibility index (Phi) is 5.33. The molecule has 0 aliphatic heterocycles. The molecular weight excluding hydrogens is 348 g/mol. The summed E-state index contributed by atoms with van der Waals surface area (Å²) < 4.78 is 0. The number of carbonyl (C=O) groups excluding carboxylic acids is 2. The maximum atomic E-state index is 12.5. The molecule has 0 saturated heterocycles. The molecule has 2 N–H and O–H groups in total. The number of hydrogen-bond acceptors (Lipinski definition) is 2. The van der Waals surface area contributed by atoms with E-state index >= 15 is 0 Å². The maximum Gasteiger partial charge on any atom is 0.255 e. The van der Waals surface area contributed by atoms with Crippen LogP contribution in [-0.2, 0) is 10.2 Å². The summed E-state index contributed by atoms with van der Waals surface area (Å²) in [6.07, 6.45) is 1.73. The number of anilines is 1. The van der Waals surface area contributed by atoms with E-state index in [1.165, 1.54) is 0 Å². The number of halogens is 1. The standard InChI is InChI=1S/C21H23ClN2O2/c1-14(2)13-23-20(26)21(10-11-21)16-6-8-18(9-7-16)24-19(25)15-4-3-5-17(22)12-15/h3-9,12,14H,10-11,13H2,1-2H3,(H,23,26)(H,24,25). The number of benzene rings is 2. The molecule has 0 aromatic heterocycles. The zero-order chi connectivity index (χ0) is 18.7. The van der Waals surface area contributed by atoms with Gasteiger partial charge in [0, 0.05) is 22.8 Å². The lowest BCUT2D eigenvalue weighted by atomic mass is 9.94. The minimum absolute atomic E-state index is 0.0990. The van der Waals surface area contributed by atoms with E-state index in [4.69, 9.17) is 11.6 Å². The van der Waals surface area contributed by atoms with Crippen molar-refractivity contribution in [3.63, 3.8) is 0 Å². The van der Waals surface area contributed by atoms with Crippen LogP contribution in [0.1, 0.15) is 42.6 Å². The molecular formula is C21H23ClN2O2. The molecule has 0 unspecified atom stereocenters. The SMILES string of the molecule is CC(C)CNC(=O)C1(c2ccc(NC(=O)c3cccc(Cl)c3)cc2)CC1. The lowest BCUT2D eigenvalue weighted by Gasteiger charge is -2.17. The summed E-state index contributed by atoms with van der Waals surface area (Å²) in [5.41, 5.74) is 1.80. The van der Waals surface area contributed by atoms with E-state index < -0.39 is 5.41 Å². The van der Waals surface area contributed by atoms with Gasteiger partial charge < -0.3 is 10.6 Å². The van der Waals surface area contributed by atoms with Gasteiger partial charge in [0.05, 0.1) is 5.41 Å². The lowest BCUT2D eigenvalue weighted by molar-refractivity contribution is -0.123. The fourth-order valence-electron chi connectivity index (χ4n) is 2.94. The molecule has 1 aliphatic carbocycles. The summed E-state index contributed by atoms with van der Waals surface area (Å²) in [4.78, 5) is 24.8.